The lowest BCUT2D eigenvalue weighted by Crippen LogP contribution is -2.08. The molecule has 2 N–H and O–H groups in total. The van der Waals surface area contributed by atoms with Crippen molar-refractivity contribution in [2.75, 3.05) is 0 Å². The van der Waals surface area contributed by atoms with Crippen molar-refractivity contribution in [3.8, 4) is 0 Å². The Morgan fingerprint density at radius 1 is 1.40 bits per heavy atom. The standard InChI is InChI=1S/C12H14FNO/c1-2-3-10(14)12-6-8-4-5-9(13)7-11(8)15-12/h4-7,10H,2-3,14H2,1H3/t10-/m0/s1. The van der Waals surface area contributed by atoms with Crippen LogP contribution in [0.15, 0.2) is 28.7 Å². The van der Waals surface area contributed by atoms with Crippen LogP contribution in [0.1, 0.15) is 31.6 Å². The summed E-state index contributed by atoms with van der Waals surface area (Å²) in [7, 11) is 0. The molecule has 15 heavy (non-hydrogen) atoms. The average molecular weight is 207 g/mol. The Kier molecular flexibility index (Phi) is 2.73. The normalized spacial score (nSPS) is 13.3. The van der Waals surface area contributed by atoms with E-state index in [1.807, 2.05) is 6.07 Å². The SMILES string of the molecule is CCC[C@H](N)c1cc2ccc(F)cc2o1. The quantitative estimate of drug-likeness (QED) is 0.838. The van der Waals surface area contributed by atoms with E-state index in [-0.39, 0.29) is 11.9 Å². The number of rotatable bonds is 3. The minimum absolute atomic E-state index is 0.0922. The van der Waals surface area contributed by atoms with Gasteiger partial charge < -0.3 is 10.2 Å². The van der Waals surface area contributed by atoms with E-state index in [0.717, 1.165) is 24.0 Å². The molecule has 80 valence electrons. The van der Waals surface area contributed by atoms with Crippen molar-refractivity contribution in [2.45, 2.75) is 25.8 Å². The zero-order valence-electron chi connectivity index (χ0n) is 8.66. The van der Waals surface area contributed by atoms with Gasteiger partial charge in [0.15, 0.2) is 0 Å². The van der Waals surface area contributed by atoms with E-state index in [9.17, 15) is 4.39 Å². The lowest BCUT2D eigenvalue weighted by atomic mass is 10.1. The molecule has 3 heteroatoms. The van der Waals surface area contributed by atoms with Crippen molar-refractivity contribution in [1.82, 2.24) is 0 Å². The van der Waals surface area contributed by atoms with Crippen LogP contribution in [0.4, 0.5) is 4.39 Å². The van der Waals surface area contributed by atoms with Crippen LogP contribution in [0.25, 0.3) is 11.0 Å². The summed E-state index contributed by atoms with van der Waals surface area (Å²) in [5.74, 6) is 0.449. The summed E-state index contributed by atoms with van der Waals surface area (Å²) < 4.78 is 18.4. The molecular formula is C12H14FNO. The first-order valence-corrected chi connectivity index (χ1v) is 5.15. The summed E-state index contributed by atoms with van der Waals surface area (Å²) in [5, 5.41) is 0.901. The maximum atomic E-state index is 12.9. The highest BCUT2D eigenvalue weighted by atomic mass is 19.1. The lowest BCUT2D eigenvalue weighted by molar-refractivity contribution is 0.474. The van der Waals surface area contributed by atoms with Crippen molar-refractivity contribution in [3.05, 3.63) is 35.8 Å². The molecule has 0 spiro atoms. The van der Waals surface area contributed by atoms with E-state index in [1.165, 1.54) is 12.1 Å². The Labute approximate surface area is 87.9 Å². The van der Waals surface area contributed by atoms with Crippen LogP contribution in [0.3, 0.4) is 0 Å². The molecule has 0 aliphatic carbocycles. The van der Waals surface area contributed by atoms with Gasteiger partial charge in [-0.05, 0) is 24.6 Å². The second-order valence-corrected chi connectivity index (χ2v) is 3.73. The first-order chi connectivity index (χ1) is 7.20. The monoisotopic (exact) mass is 207 g/mol. The first kappa shape index (κ1) is 10.2. The van der Waals surface area contributed by atoms with Crippen molar-refractivity contribution in [3.63, 3.8) is 0 Å². The van der Waals surface area contributed by atoms with Gasteiger partial charge in [-0.15, -0.1) is 0 Å². The van der Waals surface area contributed by atoms with Crippen molar-refractivity contribution >= 4 is 11.0 Å². The van der Waals surface area contributed by atoms with Crippen LogP contribution >= 0.6 is 0 Å². The van der Waals surface area contributed by atoms with E-state index in [0.29, 0.717) is 5.58 Å². The summed E-state index contributed by atoms with van der Waals surface area (Å²) in [6.07, 6.45) is 1.88. The highest BCUT2D eigenvalue weighted by Crippen LogP contribution is 2.25. The van der Waals surface area contributed by atoms with Gasteiger partial charge in [0.25, 0.3) is 0 Å². The number of furan rings is 1. The minimum Gasteiger partial charge on any atom is -0.459 e. The van der Waals surface area contributed by atoms with Crippen LogP contribution in [-0.2, 0) is 0 Å². The first-order valence-electron chi connectivity index (χ1n) is 5.15. The van der Waals surface area contributed by atoms with Crippen LogP contribution in [0.2, 0.25) is 0 Å². The third-order valence-corrected chi connectivity index (χ3v) is 2.47. The number of fused-ring (bicyclic) bond motifs is 1. The number of halogens is 1. The largest absolute Gasteiger partial charge is 0.459 e. The minimum atomic E-state index is -0.285. The van der Waals surface area contributed by atoms with Crippen LogP contribution in [-0.4, -0.2) is 0 Å². The van der Waals surface area contributed by atoms with Crippen LogP contribution in [0, 0.1) is 5.82 Å². The molecule has 0 fully saturated rings. The maximum Gasteiger partial charge on any atom is 0.137 e. The smallest absolute Gasteiger partial charge is 0.137 e. The topological polar surface area (TPSA) is 39.2 Å². The Balaban J connectivity index is 2.38. The van der Waals surface area contributed by atoms with Gasteiger partial charge in [0.2, 0.25) is 0 Å². The summed E-state index contributed by atoms with van der Waals surface area (Å²) in [6, 6.07) is 6.31. The van der Waals surface area contributed by atoms with E-state index in [1.54, 1.807) is 6.07 Å². The van der Waals surface area contributed by atoms with Gasteiger partial charge in [0, 0.05) is 11.5 Å². The summed E-state index contributed by atoms with van der Waals surface area (Å²) >= 11 is 0. The van der Waals surface area contributed by atoms with Gasteiger partial charge in [0.05, 0.1) is 6.04 Å². The fraction of sp³-hybridized carbons (Fsp3) is 0.333. The summed E-state index contributed by atoms with van der Waals surface area (Å²) in [6.45, 7) is 2.07. The van der Waals surface area contributed by atoms with Gasteiger partial charge in [0.1, 0.15) is 17.2 Å². The predicted molar refractivity (Wildman–Crippen MR) is 58.0 cm³/mol. The Hall–Kier alpha value is -1.35. The predicted octanol–water partition coefficient (Wildman–Crippen LogP) is 3.37. The van der Waals surface area contributed by atoms with Gasteiger partial charge in [-0.25, -0.2) is 4.39 Å². The highest BCUT2D eigenvalue weighted by molar-refractivity contribution is 5.77. The van der Waals surface area contributed by atoms with Crippen molar-refractivity contribution < 1.29 is 8.81 Å². The van der Waals surface area contributed by atoms with Gasteiger partial charge in [-0.2, -0.15) is 0 Å². The third kappa shape index (κ3) is 2.02. The van der Waals surface area contributed by atoms with E-state index in [4.69, 9.17) is 10.2 Å². The Morgan fingerprint density at radius 2 is 2.20 bits per heavy atom. The molecule has 0 unspecified atom stereocenters. The van der Waals surface area contributed by atoms with E-state index < -0.39 is 0 Å². The molecule has 1 aromatic carbocycles. The van der Waals surface area contributed by atoms with Gasteiger partial charge >= 0.3 is 0 Å². The molecule has 2 rings (SSSR count). The zero-order valence-corrected chi connectivity index (χ0v) is 8.66. The van der Waals surface area contributed by atoms with Crippen molar-refractivity contribution in [1.29, 1.82) is 0 Å². The fourth-order valence-corrected chi connectivity index (χ4v) is 1.66. The fourth-order valence-electron chi connectivity index (χ4n) is 1.66. The van der Waals surface area contributed by atoms with Gasteiger partial charge in [-0.1, -0.05) is 13.3 Å². The number of benzene rings is 1. The average Bonchev–Trinajstić information content (AvgIpc) is 2.60. The lowest BCUT2D eigenvalue weighted by Gasteiger charge is -2.04. The van der Waals surface area contributed by atoms with Gasteiger partial charge in [-0.3, -0.25) is 0 Å². The molecule has 2 aromatic rings. The number of nitrogens with two attached hydrogens (primary N) is 1. The van der Waals surface area contributed by atoms with Crippen molar-refractivity contribution in [2.24, 2.45) is 5.73 Å². The molecular weight excluding hydrogens is 193 g/mol. The van der Waals surface area contributed by atoms with E-state index in [2.05, 4.69) is 6.92 Å². The van der Waals surface area contributed by atoms with E-state index >= 15 is 0 Å². The Morgan fingerprint density at radius 3 is 2.93 bits per heavy atom. The molecule has 1 aromatic heterocycles. The zero-order chi connectivity index (χ0) is 10.8. The Bertz CT molecular complexity index is 464. The molecule has 0 aliphatic heterocycles. The molecule has 0 amide bonds. The molecule has 1 atom stereocenters. The number of hydrogen-bond donors (Lipinski definition) is 1. The molecule has 0 aliphatic rings. The second-order valence-electron chi connectivity index (χ2n) is 3.73. The molecule has 0 saturated carbocycles. The summed E-state index contributed by atoms with van der Waals surface area (Å²) in [5.41, 5.74) is 6.49. The molecule has 0 bridgehead atoms. The van der Waals surface area contributed by atoms with Crippen LogP contribution < -0.4 is 5.73 Å². The second kappa shape index (κ2) is 4.03. The molecule has 2 nitrogen and oxygen atoms in total. The summed E-state index contributed by atoms with van der Waals surface area (Å²) in [4.78, 5) is 0. The molecule has 0 saturated heterocycles. The number of hydrogen-bond acceptors (Lipinski definition) is 2. The van der Waals surface area contributed by atoms with Crippen LogP contribution in [0.5, 0.6) is 0 Å². The molecule has 1 heterocycles. The molecule has 0 radical (unpaired) electrons. The maximum absolute atomic E-state index is 12.9. The highest BCUT2D eigenvalue weighted by Gasteiger charge is 2.11. The third-order valence-electron chi connectivity index (χ3n) is 2.47.